The number of benzene rings is 2. The Bertz CT molecular complexity index is 1010. The molecule has 1 aliphatic carbocycles. The fourth-order valence-corrected chi connectivity index (χ4v) is 4.53. The summed E-state index contributed by atoms with van der Waals surface area (Å²) in [5.41, 5.74) is 6.60. The van der Waals surface area contributed by atoms with E-state index in [9.17, 15) is 14.3 Å². The fraction of sp³-hybridized carbons (Fsp3) is 0.375. The Morgan fingerprint density at radius 1 is 1.16 bits per heavy atom. The maximum atomic E-state index is 13.9. The smallest absolute Gasteiger partial charge is 0.252 e. The first-order chi connectivity index (χ1) is 14.7. The molecule has 0 radical (unpaired) electrons. The predicted octanol–water partition coefficient (Wildman–Crippen LogP) is 6.40. The van der Waals surface area contributed by atoms with E-state index >= 15 is 0 Å². The second-order valence-electron chi connectivity index (χ2n) is 8.37. The number of carbonyl (C=O) groups is 1. The number of amides is 1. The lowest BCUT2D eigenvalue weighted by molar-refractivity contribution is -0.113. The molecular formula is C24H26Cl2FNO3. The minimum atomic E-state index is -0.765. The minimum absolute atomic E-state index is 0.00558. The number of primary amides is 1. The lowest BCUT2D eigenvalue weighted by Gasteiger charge is -2.37. The number of ether oxygens (including phenoxy) is 1. The number of nitrogens with two attached hydrogens (primary N) is 1. The van der Waals surface area contributed by atoms with E-state index in [1.807, 2.05) is 6.92 Å². The van der Waals surface area contributed by atoms with Gasteiger partial charge in [0.2, 0.25) is 0 Å². The van der Waals surface area contributed by atoms with Gasteiger partial charge in [-0.3, -0.25) is 4.79 Å². The van der Waals surface area contributed by atoms with Gasteiger partial charge in [0.05, 0.1) is 10.6 Å². The molecule has 4 nitrogen and oxygen atoms in total. The Hall–Kier alpha value is -2.08. The number of allylic oxidation sites excluding steroid dienone is 1. The summed E-state index contributed by atoms with van der Waals surface area (Å²) < 4.78 is 19.2. The zero-order valence-corrected chi connectivity index (χ0v) is 19.1. The van der Waals surface area contributed by atoms with E-state index in [-0.39, 0.29) is 21.4 Å². The van der Waals surface area contributed by atoms with Crippen LogP contribution in [0.15, 0.2) is 42.2 Å². The third kappa shape index (κ3) is 5.05. The quantitative estimate of drug-likeness (QED) is 0.382. The molecule has 1 aliphatic rings. The van der Waals surface area contributed by atoms with E-state index in [1.165, 1.54) is 12.1 Å². The molecule has 0 aromatic heterocycles. The van der Waals surface area contributed by atoms with E-state index < -0.39 is 17.1 Å². The number of rotatable bonds is 6. The van der Waals surface area contributed by atoms with Crippen molar-refractivity contribution in [2.45, 2.75) is 32.6 Å². The van der Waals surface area contributed by atoms with Gasteiger partial charge < -0.3 is 15.6 Å². The van der Waals surface area contributed by atoms with Gasteiger partial charge in [0, 0.05) is 29.7 Å². The highest BCUT2D eigenvalue weighted by Crippen LogP contribution is 2.46. The molecule has 2 aromatic carbocycles. The third-order valence-corrected chi connectivity index (χ3v) is 6.79. The van der Waals surface area contributed by atoms with Gasteiger partial charge in [-0.15, -0.1) is 0 Å². The first-order valence-electron chi connectivity index (χ1n) is 10.1. The standard InChI is InChI=1S/C24H26Cl2FNO3/c1-24(9-7-14(8-10-24)13-31-2)22(29)21(23(28)30)17-11-15(3-5-18(17)25)16-4-6-19(26)20(27)12-16/h3-6,11-12,14,29H,7-10,13H2,1-2H3,(H2,28,30)/b22-21+. The van der Waals surface area contributed by atoms with Gasteiger partial charge in [0.15, 0.2) is 0 Å². The van der Waals surface area contributed by atoms with Crippen LogP contribution in [0.2, 0.25) is 10.0 Å². The average Bonchev–Trinajstić information content (AvgIpc) is 2.73. The molecule has 0 atom stereocenters. The molecule has 0 heterocycles. The van der Waals surface area contributed by atoms with Crippen LogP contribution in [0, 0.1) is 17.2 Å². The average molecular weight is 466 g/mol. The van der Waals surface area contributed by atoms with Crippen molar-refractivity contribution in [2.75, 3.05) is 13.7 Å². The van der Waals surface area contributed by atoms with Gasteiger partial charge in [-0.05, 0) is 67.0 Å². The lowest BCUT2D eigenvalue weighted by Crippen LogP contribution is -2.30. The van der Waals surface area contributed by atoms with Gasteiger partial charge in [0.1, 0.15) is 11.6 Å². The number of methoxy groups -OCH3 is 1. The molecule has 0 bridgehead atoms. The Morgan fingerprint density at radius 3 is 2.29 bits per heavy atom. The highest BCUT2D eigenvalue weighted by atomic mass is 35.5. The van der Waals surface area contributed by atoms with Gasteiger partial charge in [0.25, 0.3) is 5.91 Å². The summed E-state index contributed by atoms with van der Waals surface area (Å²) >= 11 is 12.2. The van der Waals surface area contributed by atoms with E-state index in [1.54, 1.807) is 31.4 Å². The van der Waals surface area contributed by atoms with Crippen LogP contribution in [0.4, 0.5) is 4.39 Å². The van der Waals surface area contributed by atoms with Crippen molar-refractivity contribution in [3.8, 4) is 11.1 Å². The normalized spacial score (nSPS) is 22.2. The van der Waals surface area contributed by atoms with Crippen LogP contribution in [0.1, 0.15) is 38.2 Å². The maximum Gasteiger partial charge on any atom is 0.252 e. The summed E-state index contributed by atoms with van der Waals surface area (Å²) in [6.45, 7) is 2.61. The second-order valence-corrected chi connectivity index (χ2v) is 9.19. The number of halogens is 3. The van der Waals surface area contributed by atoms with Crippen LogP contribution in [-0.4, -0.2) is 24.7 Å². The summed E-state index contributed by atoms with van der Waals surface area (Å²) in [5.74, 6) is -0.949. The van der Waals surface area contributed by atoms with Crippen molar-refractivity contribution >= 4 is 34.7 Å². The predicted molar refractivity (Wildman–Crippen MR) is 123 cm³/mol. The van der Waals surface area contributed by atoms with Gasteiger partial charge in [-0.25, -0.2) is 4.39 Å². The molecule has 1 saturated carbocycles. The number of aliphatic hydroxyl groups is 1. The molecule has 1 amide bonds. The molecule has 3 N–H and O–H groups in total. The first-order valence-corrected chi connectivity index (χ1v) is 10.9. The van der Waals surface area contributed by atoms with Crippen molar-refractivity contribution in [3.63, 3.8) is 0 Å². The van der Waals surface area contributed by atoms with Crippen molar-refractivity contribution in [1.29, 1.82) is 0 Å². The maximum absolute atomic E-state index is 13.9. The summed E-state index contributed by atoms with van der Waals surface area (Å²) in [7, 11) is 1.68. The molecular weight excluding hydrogens is 440 g/mol. The molecule has 3 rings (SSSR count). The molecule has 0 unspecified atom stereocenters. The number of carbonyl (C=O) groups excluding carboxylic acids is 1. The number of aliphatic hydroxyl groups excluding tert-OH is 1. The van der Waals surface area contributed by atoms with Gasteiger partial charge in [-0.2, -0.15) is 0 Å². The van der Waals surface area contributed by atoms with Crippen molar-refractivity contribution in [2.24, 2.45) is 17.1 Å². The highest BCUT2D eigenvalue weighted by Gasteiger charge is 2.38. The van der Waals surface area contributed by atoms with Crippen LogP contribution in [0.5, 0.6) is 0 Å². The molecule has 1 fully saturated rings. The van der Waals surface area contributed by atoms with E-state index in [4.69, 9.17) is 33.7 Å². The summed E-state index contributed by atoms with van der Waals surface area (Å²) in [5, 5.41) is 11.5. The Balaban J connectivity index is 2.05. The Morgan fingerprint density at radius 2 is 1.74 bits per heavy atom. The van der Waals surface area contributed by atoms with Crippen molar-refractivity contribution in [3.05, 3.63) is 63.6 Å². The largest absolute Gasteiger partial charge is 0.511 e. The van der Waals surface area contributed by atoms with Crippen LogP contribution >= 0.6 is 23.2 Å². The van der Waals surface area contributed by atoms with E-state index in [0.717, 1.165) is 12.8 Å². The summed E-state index contributed by atoms with van der Waals surface area (Å²) in [4.78, 5) is 12.4. The molecule has 2 aromatic rings. The molecule has 31 heavy (non-hydrogen) atoms. The van der Waals surface area contributed by atoms with Crippen LogP contribution in [-0.2, 0) is 9.53 Å². The van der Waals surface area contributed by atoms with E-state index in [0.29, 0.717) is 42.1 Å². The molecule has 166 valence electrons. The van der Waals surface area contributed by atoms with Crippen LogP contribution in [0.25, 0.3) is 16.7 Å². The lowest BCUT2D eigenvalue weighted by atomic mass is 9.69. The van der Waals surface area contributed by atoms with Crippen molar-refractivity contribution in [1.82, 2.24) is 0 Å². The first kappa shape index (κ1) is 23.6. The third-order valence-electron chi connectivity index (χ3n) is 6.15. The van der Waals surface area contributed by atoms with Gasteiger partial charge in [-0.1, -0.05) is 42.3 Å². The number of hydrogen-bond donors (Lipinski definition) is 2. The summed E-state index contributed by atoms with van der Waals surface area (Å²) in [6.07, 6.45) is 3.14. The molecule has 0 spiro atoms. The molecule has 0 aliphatic heterocycles. The monoisotopic (exact) mass is 465 g/mol. The topological polar surface area (TPSA) is 72.6 Å². The molecule has 0 saturated heterocycles. The van der Waals surface area contributed by atoms with Crippen molar-refractivity contribution < 1.29 is 19.0 Å². The fourth-order valence-electron chi connectivity index (χ4n) is 4.20. The zero-order chi connectivity index (χ0) is 22.8. The number of hydrogen-bond acceptors (Lipinski definition) is 3. The Labute approximate surface area is 191 Å². The molecule has 7 heteroatoms. The second kappa shape index (κ2) is 9.60. The van der Waals surface area contributed by atoms with E-state index in [2.05, 4.69) is 0 Å². The Kier molecular flexibility index (Phi) is 7.30. The van der Waals surface area contributed by atoms with Crippen LogP contribution < -0.4 is 5.73 Å². The van der Waals surface area contributed by atoms with Crippen LogP contribution in [0.3, 0.4) is 0 Å². The van der Waals surface area contributed by atoms with Gasteiger partial charge >= 0.3 is 0 Å². The minimum Gasteiger partial charge on any atom is -0.511 e. The SMILES string of the molecule is COCC1CCC(C)(/C(O)=C(\C(N)=O)c2cc(-c3ccc(Cl)c(F)c3)ccc2Cl)CC1. The summed E-state index contributed by atoms with van der Waals surface area (Å²) in [6, 6.07) is 9.39. The zero-order valence-electron chi connectivity index (χ0n) is 17.6. The highest BCUT2D eigenvalue weighted by molar-refractivity contribution is 6.35.